The summed E-state index contributed by atoms with van der Waals surface area (Å²) < 4.78 is 7.38. The Hall–Kier alpha value is -2.29. The van der Waals surface area contributed by atoms with Gasteiger partial charge in [-0.25, -0.2) is 0 Å². The summed E-state index contributed by atoms with van der Waals surface area (Å²) in [6, 6.07) is 3.16. The van der Waals surface area contributed by atoms with E-state index in [-0.39, 0.29) is 23.6 Å². The lowest BCUT2D eigenvalue weighted by molar-refractivity contribution is 0.0842. The van der Waals surface area contributed by atoms with Crippen molar-refractivity contribution in [2.24, 2.45) is 0 Å². The summed E-state index contributed by atoms with van der Waals surface area (Å²) in [5, 5.41) is 29.0. The summed E-state index contributed by atoms with van der Waals surface area (Å²) in [4.78, 5) is 2.08. The minimum absolute atomic E-state index is 0.0564. The predicted molar refractivity (Wildman–Crippen MR) is 107 cm³/mol. The maximum Gasteiger partial charge on any atom is 0.193 e. The number of hydrogen-bond acceptors (Lipinski definition) is 7. The van der Waals surface area contributed by atoms with E-state index in [1.54, 1.807) is 17.7 Å². The number of likely N-dealkylation sites (N-methyl/N-ethyl adjacent to an activating group) is 1. The molecule has 1 aliphatic rings. The van der Waals surface area contributed by atoms with Crippen LogP contribution in [-0.2, 0) is 11.2 Å². The van der Waals surface area contributed by atoms with Crippen LogP contribution < -0.4 is 0 Å². The Morgan fingerprint density at radius 1 is 1.22 bits per heavy atom. The minimum Gasteiger partial charge on any atom is -0.508 e. The number of ether oxygens (including phenoxy) is 1. The van der Waals surface area contributed by atoms with E-state index in [0.717, 1.165) is 5.70 Å². The number of aryl methyl sites for hydroxylation is 1. The molecule has 27 heavy (non-hydrogen) atoms. The van der Waals surface area contributed by atoms with Crippen molar-refractivity contribution in [2.75, 3.05) is 21.2 Å². The highest BCUT2D eigenvalue weighted by Crippen LogP contribution is 2.36. The third-order valence-electron chi connectivity index (χ3n) is 4.73. The van der Waals surface area contributed by atoms with Crippen molar-refractivity contribution in [3.05, 3.63) is 35.9 Å². The Morgan fingerprint density at radius 2 is 1.96 bits per heavy atom. The van der Waals surface area contributed by atoms with Gasteiger partial charge in [0.15, 0.2) is 11.0 Å². The van der Waals surface area contributed by atoms with Gasteiger partial charge in [0.1, 0.15) is 11.5 Å². The molecule has 0 aliphatic heterocycles. The zero-order valence-corrected chi connectivity index (χ0v) is 16.7. The summed E-state index contributed by atoms with van der Waals surface area (Å²) >= 11 is 4.44. The first-order valence-corrected chi connectivity index (χ1v) is 9.11. The van der Waals surface area contributed by atoms with Crippen molar-refractivity contribution < 1.29 is 14.9 Å². The Bertz CT molecular complexity index is 905. The van der Waals surface area contributed by atoms with E-state index < -0.39 is 0 Å². The Kier molecular flexibility index (Phi) is 5.59. The SMILES string of the molecule is CCc1cc(-c2nnc(S)n2C2=CC(OC)C(N(C)C)C=C2)c(O)cc1O. The molecule has 1 aromatic carbocycles. The molecule has 144 valence electrons. The lowest BCUT2D eigenvalue weighted by atomic mass is 10.0. The van der Waals surface area contributed by atoms with E-state index in [0.29, 0.717) is 28.5 Å². The number of hydrogen-bond donors (Lipinski definition) is 3. The molecule has 1 aliphatic carbocycles. The van der Waals surface area contributed by atoms with Gasteiger partial charge >= 0.3 is 0 Å². The summed E-state index contributed by atoms with van der Waals surface area (Å²) in [6.45, 7) is 1.93. The van der Waals surface area contributed by atoms with Gasteiger partial charge in [-0.3, -0.25) is 4.57 Å². The molecule has 0 saturated carbocycles. The Balaban J connectivity index is 2.11. The summed E-state index contributed by atoms with van der Waals surface area (Å²) in [6.07, 6.45) is 6.47. The largest absolute Gasteiger partial charge is 0.508 e. The van der Waals surface area contributed by atoms with Gasteiger partial charge in [-0.1, -0.05) is 13.0 Å². The van der Waals surface area contributed by atoms with Gasteiger partial charge in [0.2, 0.25) is 0 Å². The third kappa shape index (κ3) is 3.60. The maximum atomic E-state index is 10.4. The van der Waals surface area contributed by atoms with Gasteiger partial charge in [0.25, 0.3) is 0 Å². The molecule has 1 heterocycles. The molecule has 7 nitrogen and oxygen atoms in total. The maximum absolute atomic E-state index is 10.4. The number of phenolic OH excluding ortho intramolecular Hbond substituents is 2. The van der Waals surface area contributed by atoms with Crippen LogP contribution in [0.3, 0.4) is 0 Å². The first kappa shape index (κ1) is 19.5. The summed E-state index contributed by atoms with van der Waals surface area (Å²) in [5.74, 6) is 0.434. The van der Waals surface area contributed by atoms with Crippen LogP contribution >= 0.6 is 12.6 Å². The molecule has 0 fully saturated rings. The second-order valence-electron chi connectivity index (χ2n) is 6.62. The zero-order valence-electron chi connectivity index (χ0n) is 15.8. The number of aromatic hydroxyl groups is 2. The second kappa shape index (κ2) is 7.75. The minimum atomic E-state index is -0.150. The standard InChI is InChI=1S/C19H24N4O3S/c1-5-11-8-13(16(25)10-15(11)24)18-20-21-19(27)23(18)12-6-7-14(22(2)3)17(9-12)26-4/h6-10,14,17,24-25H,5H2,1-4H3,(H,21,27). The van der Waals surface area contributed by atoms with Crippen molar-refractivity contribution in [3.63, 3.8) is 0 Å². The molecule has 1 aromatic heterocycles. The summed E-state index contributed by atoms with van der Waals surface area (Å²) in [5.41, 5.74) is 2.00. The molecule has 2 N–H and O–H groups in total. The van der Waals surface area contributed by atoms with Crippen molar-refractivity contribution in [2.45, 2.75) is 30.6 Å². The number of thiol groups is 1. The molecule has 2 atom stereocenters. The first-order chi connectivity index (χ1) is 12.9. The molecular weight excluding hydrogens is 364 g/mol. The van der Waals surface area contributed by atoms with Gasteiger partial charge in [-0.05, 0) is 44.3 Å². The molecule has 2 aromatic rings. The molecule has 0 radical (unpaired) electrons. The molecule has 0 spiro atoms. The highest BCUT2D eigenvalue weighted by atomic mass is 32.1. The summed E-state index contributed by atoms with van der Waals surface area (Å²) in [7, 11) is 5.66. The van der Waals surface area contributed by atoms with Crippen molar-refractivity contribution in [3.8, 4) is 22.9 Å². The number of aromatic nitrogens is 3. The molecule has 3 rings (SSSR count). The van der Waals surface area contributed by atoms with E-state index in [1.165, 1.54) is 6.07 Å². The molecule has 8 heteroatoms. The van der Waals surface area contributed by atoms with Crippen LogP contribution in [0.2, 0.25) is 0 Å². The van der Waals surface area contributed by atoms with Gasteiger partial charge in [-0.15, -0.1) is 22.8 Å². The van der Waals surface area contributed by atoms with E-state index in [1.807, 2.05) is 33.2 Å². The van der Waals surface area contributed by atoms with Crippen LogP contribution in [-0.4, -0.2) is 63.2 Å². The predicted octanol–water partition coefficient (Wildman–Crippen LogP) is 2.56. The van der Waals surface area contributed by atoms with E-state index in [4.69, 9.17) is 4.74 Å². The van der Waals surface area contributed by atoms with Crippen LogP contribution in [0.5, 0.6) is 11.5 Å². The number of rotatable bonds is 5. The normalized spacial score (nSPS) is 19.6. The number of phenols is 2. The topological polar surface area (TPSA) is 83.6 Å². The van der Waals surface area contributed by atoms with Gasteiger partial charge < -0.3 is 19.8 Å². The van der Waals surface area contributed by atoms with Crippen molar-refractivity contribution >= 4 is 18.3 Å². The zero-order chi connectivity index (χ0) is 19.7. The van der Waals surface area contributed by atoms with Crippen LogP contribution in [0, 0.1) is 0 Å². The average Bonchev–Trinajstić information content (AvgIpc) is 3.02. The number of nitrogens with zero attached hydrogens (tertiary/aromatic N) is 4. The molecule has 0 saturated heterocycles. The van der Waals surface area contributed by atoms with E-state index in [2.05, 4.69) is 33.8 Å². The molecule has 2 unspecified atom stereocenters. The van der Waals surface area contributed by atoms with Gasteiger partial charge in [0, 0.05) is 18.9 Å². The molecule has 0 amide bonds. The van der Waals surface area contributed by atoms with E-state index in [9.17, 15) is 10.2 Å². The third-order valence-corrected chi connectivity index (χ3v) is 5.02. The highest BCUT2D eigenvalue weighted by Gasteiger charge is 2.26. The number of allylic oxidation sites excluding steroid dienone is 2. The van der Waals surface area contributed by atoms with Crippen molar-refractivity contribution in [1.82, 2.24) is 19.7 Å². The number of benzene rings is 1. The van der Waals surface area contributed by atoms with Crippen LogP contribution in [0.4, 0.5) is 0 Å². The number of methoxy groups -OCH3 is 1. The van der Waals surface area contributed by atoms with Crippen molar-refractivity contribution in [1.29, 1.82) is 0 Å². The van der Waals surface area contributed by atoms with Gasteiger partial charge in [0.05, 0.1) is 17.7 Å². The van der Waals surface area contributed by atoms with Gasteiger partial charge in [-0.2, -0.15) is 0 Å². The quantitative estimate of drug-likeness (QED) is 0.683. The molecular formula is C19H24N4O3S. The van der Waals surface area contributed by atoms with E-state index >= 15 is 0 Å². The smallest absolute Gasteiger partial charge is 0.193 e. The first-order valence-electron chi connectivity index (χ1n) is 8.66. The lowest BCUT2D eigenvalue weighted by Crippen LogP contribution is -2.39. The monoisotopic (exact) mass is 388 g/mol. The Morgan fingerprint density at radius 3 is 2.59 bits per heavy atom. The fourth-order valence-corrected chi connectivity index (χ4v) is 3.48. The average molecular weight is 388 g/mol. The van der Waals surface area contributed by atoms with Crippen LogP contribution in [0.25, 0.3) is 17.1 Å². The second-order valence-corrected chi connectivity index (χ2v) is 7.02. The Labute approximate surface area is 164 Å². The lowest BCUT2D eigenvalue weighted by Gasteiger charge is -2.30. The fraction of sp³-hybridized carbons (Fsp3) is 0.368. The molecule has 0 bridgehead atoms. The van der Waals surface area contributed by atoms with Crippen LogP contribution in [0.15, 0.2) is 35.5 Å². The fourth-order valence-electron chi connectivity index (χ4n) is 3.22. The highest BCUT2D eigenvalue weighted by molar-refractivity contribution is 7.80. The van der Waals surface area contributed by atoms with Crippen LogP contribution in [0.1, 0.15) is 12.5 Å².